The molecule has 0 amide bonds. The molecule has 1 fully saturated rings. The average Bonchev–Trinajstić information content (AvgIpc) is 3.24. The van der Waals surface area contributed by atoms with Gasteiger partial charge >= 0.3 is 0 Å². The van der Waals surface area contributed by atoms with Gasteiger partial charge < -0.3 is 5.11 Å². The molecule has 0 unspecified atom stereocenters. The third kappa shape index (κ3) is 2.47. The number of halogens is 1. The Labute approximate surface area is 123 Å². The number of hydrogen-bond acceptors (Lipinski definition) is 3. The van der Waals surface area contributed by atoms with Gasteiger partial charge in [0, 0.05) is 18.4 Å². The summed E-state index contributed by atoms with van der Waals surface area (Å²) in [6.45, 7) is -0.196. The molecule has 0 aromatic heterocycles. The predicted molar refractivity (Wildman–Crippen MR) is 77.1 cm³/mol. The van der Waals surface area contributed by atoms with Crippen LogP contribution in [0.15, 0.2) is 59.5 Å². The fraction of sp³-hybridized carbons (Fsp3) is 0.250. The number of aliphatic hydroxyl groups excluding tert-OH is 1. The van der Waals surface area contributed by atoms with E-state index >= 15 is 0 Å². The first-order chi connectivity index (χ1) is 10.1. The van der Waals surface area contributed by atoms with E-state index in [1.54, 1.807) is 42.5 Å². The largest absolute Gasteiger partial charge is 0.396 e. The van der Waals surface area contributed by atoms with E-state index in [9.17, 15) is 17.9 Å². The van der Waals surface area contributed by atoms with Crippen LogP contribution in [0.3, 0.4) is 0 Å². The standard InChI is InChI=1S/C16H15FO3S/c17-12-8-6-11(7-9-12)15-14(10-18)16(15)21(19,20)13-4-2-1-3-5-13/h1-9,14-16,18H,10H2/t14-,15+,16-/m1/s1. The Morgan fingerprint density at radius 2 is 1.62 bits per heavy atom. The molecule has 0 radical (unpaired) electrons. The number of hydrogen-bond donors (Lipinski definition) is 1. The third-order valence-electron chi connectivity index (χ3n) is 3.99. The summed E-state index contributed by atoms with van der Waals surface area (Å²) in [5, 5.41) is 8.79. The maximum Gasteiger partial charge on any atom is 0.182 e. The van der Waals surface area contributed by atoms with Gasteiger partial charge in [-0.2, -0.15) is 0 Å². The van der Waals surface area contributed by atoms with Gasteiger partial charge in [-0.15, -0.1) is 0 Å². The second-order valence-corrected chi connectivity index (χ2v) is 7.35. The molecule has 0 saturated heterocycles. The van der Waals surface area contributed by atoms with Crippen LogP contribution in [0.25, 0.3) is 0 Å². The van der Waals surface area contributed by atoms with Crippen LogP contribution in [-0.4, -0.2) is 25.4 Å². The highest BCUT2D eigenvalue weighted by atomic mass is 32.2. The highest BCUT2D eigenvalue weighted by Crippen LogP contribution is 2.53. The summed E-state index contributed by atoms with van der Waals surface area (Å²) >= 11 is 0. The molecule has 0 spiro atoms. The molecule has 2 aromatic rings. The van der Waals surface area contributed by atoms with Gasteiger partial charge in [0.1, 0.15) is 5.82 Å². The fourth-order valence-corrected chi connectivity index (χ4v) is 5.09. The van der Waals surface area contributed by atoms with Gasteiger partial charge in [0.15, 0.2) is 9.84 Å². The molecule has 3 atom stereocenters. The van der Waals surface area contributed by atoms with Crippen molar-refractivity contribution in [2.24, 2.45) is 5.92 Å². The highest BCUT2D eigenvalue weighted by molar-refractivity contribution is 7.92. The first-order valence-electron chi connectivity index (χ1n) is 6.71. The van der Waals surface area contributed by atoms with Crippen molar-refractivity contribution in [2.75, 3.05) is 6.61 Å². The van der Waals surface area contributed by atoms with Crippen LogP contribution in [0.5, 0.6) is 0 Å². The van der Waals surface area contributed by atoms with Crippen molar-refractivity contribution in [1.29, 1.82) is 0 Å². The van der Waals surface area contributed by atoms with E-state index in [4.69, 9.17) is 0 Å². The minimum absolute atomic E-state index is 0.196. The van der Waals surface area contributed by atoms with E-state index in [1.165, 1.54) is 12.1 Å². The summed E-state index contributed by atoms with van der Waals surface area (Å²) in [7, 11) is -3.49. The van der Waals surface area contributed by atoms with Crippen LogP contribution < -0.4 is 0 Å². The van der Waals surface area contributed by atoms with E-state index in [1.807, 2.05) is 0 Å². The van der Waals surface area contributed by atoms with E-state index in [2.05, 4.69) is 0 Å². The smallest absolute Gasteiger partial charge is 0.182 e. The van der Waals surface area contributed by atoms with Gasteiger partial charge in [0.2, 0.25) is 0 Å². The Balaban J connectivity index is 1.94. The molecule has 5 heteroatoms. The minimum atomic E-state index is -3.49. The molecule has 0 aliphatic heterocycles. The monoisotopic (exact) mass is 306 g/mol. The van der Waals surface area contributed by atoms with Crippen molar-refractivity contribution < 1.29 is 17.9 Å². The zero-order valence-corrected chi connectivity index (χ0v) is 12.0. The normalized spacial score (nSPS) is 24.8. The molecule has 2 aromatic carbocycles. The molecule has 3 nitrogen and oxygen atoms in total. The van der Waals surface area contributed by atoms with Crippen LogP contribution >= 0.6 is 0 Å². The molecule has 1 N–H and O–H groups in total. The van der Waals surface area contributed by atoms with Gasteiger partial charge in [-0.1, -0.05) is 30.3 Å². The Morgan fingerprint density at radius 1 is 1.00 bits per heavy atom. The van der Waals surface area contributed by atoms with Crippen LogP contribution in [0.4, 0.5) is 4.39 Å². The summed E-state index contributed by atoms with van der Waals surface area (Å²) in [4.78, 5) is 0.262. The molecule has 3 rings (SSSR count). The van der Waals surface area contributed by atoms with Crippen molar-refractivity contribution in [3.8, 4) is 0 Å². The number of sulfone groups is 1. The van der Waals surface area contributed by atoms with Gasteiger partial charge in [0.25, 0.3) is 0 Å². The van der Waals surface area contributed by atoms with E-state index in [0.717, 1.165) is 5.56 Å². The highest BCUT2D eigenvalue weighted by Gasteiger charge is 2.58. The van der Waals surface area contributed by atoms with Crippen molar-refractivity contribution in [3.63, 3.8) is 0 Å². The second-order valence-electron chi connectivity index (χ2n) is 5.25. The van der Waals surface area contributed by atoms with Crippen molar-refractivity contribution in [2.45, 2.75) is 16.1 Å². The van der Waals surface area contributed by atoms with Crippen LogP contribution in [-0.2, 0) is 9.84 Å². The lowest BCUT2D eigenvalue weighted by Crippen LogP contribution is -2.11. The second kappa shape index (κ2) is 5.24. The van der Waals surface area contributed by atoms with Gasteiger partial charge in [-0.05, 0) is 29.8 Å². The molecule has 1 saturated carbocycles. The number of benzene rings is 2. The molecule has 1 aliphatic rings. The van der Waals surface area contributed by atoms with Gasteiger partial charge in [0.05, 0.1) is 10.1 Å². The third-order valence-corrected chi connectivity index (χ3v) is 6.28. The first kappa shape index (κ1) is 14.2. The Morgan fingerprint density at radius 3 is 2.19 bits per heavy atom. The first-order valence-corrected chi connectivity index (χ1v) is 8.25. The van der Waals surface area contributed by atoms with Gasteiger partial charge in [-0.3, -0.25) is 0 Å². The minimum Gasteiger partial charge on any atom is -0.396 e. The number of aliphatic hydroxyl groups is 1. The summed E-state index contributed by atoms with van der Waals surface area (Å²) in [5.74, 6) is -0.969. The van der Waals surface area contributed by atoms with E-state index in [-0.39, 0.29) is 29.2 Å². The van der Waals surface area contributed by atoms with Crippen LogP contribution in [0.2, 0.25) is 0 Å². The zero-order valence-electron chi connectivity index (χ0n) is 11.2. The van der Waals surface area contributed by atoms with Crippen LogP contribution in [0, 0.1) is 11.7 Å². The zero-order chi connectivity index (χ0) is 15.0. The van der Waals surface area contributed by atoms with Crippen LogP contribution in [0.1, 0.15) is 11.5 Å². The maximum absolute atomic E-state index is 13.0. The molecular formula is C16H15FO3S. The summed E-state index contributed by atoms with van der Waals surface area (Å²) < 4.78 is 38.2. The lowest BCUT2D eigenvalue weighted by atomic mass is 10.1. The fourth-order valence-electron chi connectivity index (χ4n) is 2.87. The van der Waals surface area contributed by atoms with Crippen molar-refractivity contribution in [3.05, 3.63) is 66.0 Å². The summed E-state index contributed by atoms with van der Waals surface area (Å²) in [6.07, 6.45) is 0. The predicted octanol–water partition coefficient (Wildman–Crippen LogP) is 2.37. The summed E-state index contributed by atoms with van der Waals surface area (Å²) in [6, 6.07) is 14.0. The Kier molecular flexibility index (Phi) is 3.55. The van der Waals surface area contributed by atoms with Crippen molar-refractivity contribution >= 4 is 9.84 Å². The van der Waals surface area contributed by atoms with Gasteiger partial charge in [-0.25, -0.2) is 12.8 Å². The topological polar surface area (TPSA) is 54.4 Å². The molecule has 1 aliphatic carbocycles. The molecule has 0 heterocycles. The molecule has 110 valence electrons. The molecule has 21 heavy (non-hydrogen) atoms. The summed E-state index contributed by atoms with van der Waals surface area (Å²) in [5.41, 5.74) is 0.750. The molecular weight excluding hydrogens is 291 g/mol. The lowest BCUT2D eigenvalue weighted by molar-refractivity contribution is 0.274. The Hall–Kier alpha value is -1.72. The number of rotatable bonds is 4. The molecule has 0 bridgehead atoms. The Bertz CT molecular complexity index is 726. The maximum atomic E-state index is 13.0. The average molecular weight is 306 g/mol. The van der Waals surface area contributed by atoms with E-state index in [0.29, 0.717) is 0 Å². The lowest BCUT2D eigenvalue weighted by Gasteiger charge is -2.04. The van der Waals surface area contributed by atoms with Crippen molar-refractivity contribution in [1.82, 2.24) is 0 Å². The SMILES string of the molecule is O=S(=O)(c1ccccc1)[C@@H]1[C@H](CO)[C@@H]1c1ccc(F)cc1. The quantitative estimate of drug-likeness (QED) is 0.943. The van der Waals surface area contributed by atoms with E-state index < -0.39 is 15.1 Å².